The van der Waals surface area contributed by atoms with Gasteiger partial charge in [-0.2, -0.15) is 11.8 Å². The molecule has 1 amide bonds. The Hall–Kier alpha value is -0.780. The molecule has 0 radical (unpaired) electrons. The maximum Gasteiger partial charge on any atom is 0.232 e. The van der Waals surface area contributed by atoms with Crippen LogP contribution in [0.15, 0.2) is 23.8 Å². The summed E-state index contributed by atoms with van der Waals surface area (Å²) in [6.45, 7) is 5.95. The van der Waals surface area contributed by atoms with Crippen LogP contribution in [0.4, 0.5) is 0 Å². The molecule has 0 aromatic rings. The van der Waals surface area contributed by atoms with E-state index in [-0.39, 0.29) is 12.0 Å². The molecule has 0 spiro atoms. The molecule has 0 bridgehead atoms. The highest BCUT2D eigenvalue weighted by Crippen LogP contribution is 2.48. The Kier molecular flexibility index (Phi) is 8.91. The van der Waals surface area contributed by atoms with E-state index in [0.29, 0.717) is 29.9 Å². The Balaban J connectivity index is 1.40. The van der Waals surface area contributed by atoms with Gasteiger partial charge in [0.1, 0.15) is 0 Å². The number of amides is 1. The van der Waals surface area contributed by atoms with Crippen molar-refractivity contribution in [2.24, 2.45) is 17.8 Å². The van der Waals surface area contributed by atoms with Gasteiger partial charge >= 0.3 is 0 Å². The summed E-state index contributed by atoms with van der Waals surface area (Å²) in [6, 6.07) is 0. The van der Waals surface area contributed by atoms with E-state index in [1.165, 1.54) is 5.57 Å². The number of hydrogen-bond acceptors (Lipinski definition) is 4. The Morgan fingerprint density at radius 3 is 2.87 bits per heavy atom. The number of aliphatic hydroxyl groups is 2. The molecule has 1 saturated heterocycles. The van der Waals surface area contributed by atoms with Crippen LogP contribution in [-0.4, -0.2) is 57.3 Å². The van der Waals surface area contributed by atoms with E-state index in [0.717, 1.165) is 70.2 Å². The first-order chi connectivity index (χ1) is 14.4. The number of thioether (sulfide) groups is 1. The lowest BCUT2D eigenvalue weighted by Gasteiger charge is -2.22. The highest BCUT2D eigenvalue weighted by molar-refractivity contribution is 7.99. The van der Waals surface area contributed by atoms with E-state index in [2.05, 4.69) is 25.2 Å². The number of carbonyl (C=O) groups is 1. The van der Waals surface area contributed by atoms with Gasteiger partial charge in [-0.3, -0.25) is 4.79 Å². The summed E-state index contributed by atoms with van der Waals surface area (Å²) in [6.07, 6.45) is 15.4. The second-order valence-electron chi connectivity index (χ2n) is 9.86. The summed E-state index contributed by atoms with van der Waals surface area (Å²) in [5.41, 5.74) is 0.865. The zero-order chi connectivity index (χ0) is 21.6. The first kappa shape index (κ1) is 23.9. The maximum absolute atomic E-state index is 12.1. The van der Waals surface area contributed by atoms with E-state index in [1.54, 1.807) is 11.8 Å². The van der Waals surface area contributed by atoms with E-state index < -0.39 is 5.60 Å². The fourth-order valence-corrected chi connectivity index (χ4v) is 6.26. The Labute approximate surface area is 187 Å². The van der Waals surface area contributed by atoms with Gasteiger partial charge in [-0.25, -0.2) is 0 Å². The van der Waals surface area contributed by atoms with Gasteiger partial charge in [-0.15, -0.1) is 0 Å². The first-order valence-electron chi connectivity index (χ1n) is 12.0. The lowest BCUT2D eigenvalue weighted by molar-refractivity contribution is -0.127. The second kappa shape index (κ2) is 11.2. The Bertz CT molecular complexity index is 624. The highest BCUT2D eigenvalue weighted by Gasteiger charge is 2.43. The molecule has 1 aliphatic heterocycles. The molecule has 3 aliphatic rings. The van der Waals surface area contributed by atoms with Crippen molar-refractivity contribution in [2.75, 3.05) is 24.6 Å². The fourth-order valence-electron chi connectivity index (χ4n) is 5.35. The van der Waals surface area contributed by atoms with Crippen LogP contribution in [0, 0.1) is 17.8 Å². The largest absolute Gasteiger partial charge is 0.392 e. The van der Waals surface area contributed by atoms with Crippen molar-refractivity contribution < 1.29 is 15.0 Å². The summed E-state index contributed by atoms with van der Waals surface area (Å²) in [5.74, 6) is 3.12. The summed E-state index contributed by atoms with van der Waals surface area (Å²) in [4.78, 5) is 14.2. The van der Waals surface area contributed by atoms with Crippen LogP contribution in [0.1, 0.15) is 71.6 Å². The van der Waals surface area contributed by atoms with Gasteiger partial charge in [0, 0.05) is 19.0 Å². The number of allylic oxidation sites excluding steroid dienone is 2. The van der Waals surface area contributed by atoms with Gasteiger partial charge in [-0.05, 0) is 69.5 Å². The minimum Gasteiger partial charge on any atom is -0.392 e. The zero-order valence-corrected chi connectivity index (χ0v) is 19.7. The number of likely N-dealkylation sites (tertiary alicyclic amines) is 1. The van der Waals surface area contributed by atoms with Gasteiger partial charge in [0.15, 0.2) is 0 Å². The van der Waals surface area contributed by atoms with Crippen LogP contribution in [-0.2, 0) is 4.79 Å². The van der Waals surface area contributed by atoms with E-state index >= 15 is 0 Å². The van der Waals surface area contributed by atoms with Crippen LogP contribution in [0.25, 0.3) is 0 Å². The quantitative estimate of drug-likeness (QED) is 0.369. The molecule has 170 valence electrons. The van der Waals surface area contributed by atoms with E-state index in [9.17, 15) is 15.0 Å². The molecular formula is C25H41NO3S. The maximum atomic E-state index is 12.1. The van der Waals surface area contributed by atoms with Gasteiger partial charge in [0.05, 0.1) is 17.5 Å². The molecule has 2 aliphatic carbocycles. The van der Waals surface area contributed by atoms with Crippen LogP contribution >= 0.6 is 11.8 Å². The molecule has 0 unspecified atom stereocenters. The topological polar surface area (TPSA) is 60.8 Å². The van der Waals surface area contributed by atoms with Crippen molar-refractivity contribution in [3.63, 3.8) is 0 Å². The van der Waals surface area contributed by atoms with Crippen LogP contribution in [0.2, 0.25) is 0 Å². The zero-order valence-electron chi connectivity index (χ0n) is 18.9. The molecule has 5 heteroatoms. The molecule has 30 heavy (non-hydrogen) atoms. The molecule has 2 fully saturated rings. The number of hydrogen-bond donors (Lipinski definition) is 2. The SMILES string of the molecule is CCCC[C@](C)(O)C/C=C/[C@@H]1[C@H]2CC(CCSCC(=O)N3CCCC3)=C[C@H]2C[C@H]1O. The minimum absolute atomic E-state index is 0.204. The third-order valence-electron chi connectivity index (χ3n) is 7.19. The van der Waals surface area contributed by atoms with E-state index in [4.69, 9.17) is 0 Å². The molecule has 2 N–H and O–H groups in total. The van der Waals surface area contributed by atoms with Crippen molar-refractivity contribution in [1.82, 2.24) is 4.90 Å². The Morgan fingerprint density at radius 1 is 1.37 bits per heavy atom. The average molecular weight is 436 g/mol. The van der Waals surface area contributed by atoms with Crippen LogP contribution < -0.4 is 0 Å². The monoisotopic (exact) mass is 435 g/mol. The summed E-state index contributed by atoms with van der Waals surface area (Å²) in [5, 5.41) is 21.0. The molecule has 1 saturated carbocycles. The normalized spacial score (nSPS) is 30.7. The smallest absolute Gasteiger partial charge is 0.232 e. The van der Waals surface area contributed by atoms with Gasteiger partial charge < -0.3 is 15.1 Å². The van der Waals surface area contributed by atoms with Gasteiger partial charge in [0.25, 0.3) is 0 Å². The standard InChI is InChI=1S/C25H41NO3S/c1-3-4-10-25(2,29)11-7-8-21-22-16-19(15-20(22)17-23(21)27)9-14-30-18-24(28)26-12-5-6-13-26/h7-8,15,20-23,27,29H,3-6,9-14,16-18H2,1-2H3/b8-7+/t20-,21+,22-,23+,25-/m0/s1. The van der Waals surface area contributed by atoms with Crippen LogP contribution in [0.3, 0.4) is 0 Å². The third kappa shape index (κ3) is 6.61. The van der Waals surface area contributed by atoms with Crippen molar-refractivity contribution in [2.45, 2.75) is 83.3 Å². The highest BCUT2D eigenvalue weighted by atomic mass is 32.2. The average Bonchev–Trinajstić information content (AvgIpc) is 3.42. The third-order valence-corrected chi connectivity index (χ3v) is 8.13. The number of aliphatic hydroxyl groups excluding tert-OH is 1. The predicted molar refractivity (Wildman–Crippen MR) is 125 cm³/mol. The Morgan fingerprint density at radius 2 is 2.13 bits per heavy atom. The minimum atomic E-state index is -0.641. The number of rotatable bonds is 11. The van der Waals surface area contributed by atoms with Crippen molar-refractivity contribution >= 4 is 17.7 Å². The molecule has 3 rings (SSSR count). The molecule has 1 heterocycles. The fraction of sp³-hybridized carbons (Fsp3) is 0.800. The molecule has 0 aromatic carbocycles. The molecule has 5 atom stereocenters. The van der Waals surface area contributed by atoms with Gasteiger partial charge in [0.2, 0.25) is 5.91 Å². The van der Waals surface area contributed by atoms with Crippen molar-refractivity contribution in [1.29, 1.82) is 0 Å². The lowest BCUT2D eigenvalue weighted by Crippen LogP contribution is -2.29. The second-order valence-corrected chi connectivity index (χ2v) is 11.0. The predicted octanol–water partition coefficient (Wildman–Crippen LogP) is 4.56. The summed E-state index contributed by atoms with van der Waals surface area (Å²) >= 11 is 1.76. The molecular weight excluding hydrogens is 394 g/mol. The number of unbranched alkanes of at least 4 members (excludes halogenated alkanes) is 1. The van der Waals surface area contributed by atoms with Crippen molar-refractivity contribution in [3.05, 3.63) is 23.8 Å². The van der Waals surface area contributed by atoms with Gasteiger partial charge in [-0.1, -0.05) is 43.6 Å². The summed E-state index contributed by atoms with van der Waals surface area (Å²) in [7, 11) is 0. The number of fused-ring (bicyclic) bond motifs is 1. The van der Waals surface area contributed by atoms with Crippen LogP contribution in [0.5, 0.6) is 0 Å². The number of carbonyl (C=O) groups excluding carboxylic acids is 1. The lowest BCUT2D eigenvalue weighted by atomic mass is 9.88. The van der Waals surface area contributed by atoms with E-state index in [1.807, 2.05) is 11.8 Å². The molecule has 4 nitrogen and oxygen atoms in total. The number of nitrogens with zero attached hydrogens (tertiary/aromatic N) is 1. The summed E-state index contributed by atoms with van der Waals surface area (Å²) < 4.78 is 0. The first-order valence-corrected chi connectivity index (χ1v) is 13.2. The molecule has 0 aromatic heterocycles. The van der Waals surface area contributed by atoms with Crippen molar-refractivity contribution in [3.8, 4) is 0 Å².